The smallest absolute Gasteiger partial charge is 0.154 e. The van der Waals surface area contributed by atoms with Gasteiger partial charge in [0.1, 0.15) is 11.6 Å². The predicted molar refractivity (Wildman–Crippen MR) is 73.0 cm³/mol. The maximum atomic E-state index is 5.65. The van der Waals surface area contributed by atoms with Crippen LogP contribution in [0.3, 0.4) is 0 Å². The Kier molecular flexibility index (Phi) is 3.11. The van der Waals surface area contributed by atoms with E-state index in [0.717, 1.165) is 29.5 Å². The van der Waals surface area contributed by atoms with Gasteiger partial charge in [0.05, 0.1) is 6.61 Å². The summed E-state index contributed by atoms with van der Waals surface area (Å²) in [5.74, 6) is 3.43. The zero-order chi connectivity index (χ0) is 13.2. The largest absolute Gasteiger partial charge is 0.493 e. The van der Waals surface area contributed by atoms with E-state index < -0.39 is 0 Å². The summed E-state index contributed by atoms with van der Waals surface area (Å²) in [6.07, 6.45) is 3.22. The standard InChI is InChI=1S/C14H18N4O/c1-18-14(10-2-3-10)16-13(17-18)8-9-19-12-6-4-11(15)5-7-12/h4-7,10H,2-3,8-9,15H2,1H3. The third kappa shape index (κ3) is 2.86. The Balaban J connectivity index is 1.54. The molecule has 1 aliphatic carbocycles. The van der Waals surface area contributed by atoms with E-state index in [-0.39, 0.29) is 0 Å². The molecule has 0 unspecified atom stereocenters. The van der Waals surface area contributed by atoms with Gasteiger partial charge in [0.2, 0.25) is 0 Å². The summed E-state index contributed by atoms with van der Waals surface area (Å²) in [5, 5.41) is 4.42. The average Bonchev–Trinajstić information content (AvgIpc) is 3.17. The van der Waals surface area contributed by atoms with Crippen molar-refractivity contribution in [1.82, 2.24) is 14.8 Å². The number of hydrogen-bond acceptors (Lipinski definition) is 4. The average molecular weight is 258 g/mol. The lowest BCUT2D eigenvalue weighted by atomic mass is 10.3. The molecule has 1 heterocycles. The first-order chi connectivity index (χ1) is 9.22. The number of rotatable bonds is 5. The van der Waals surface area contributed by atoms with Crippen LogP contribution in [0.15, 0.2) is 24.3 Å². The van der Waals surface area contributed by atoms with Crippen LogP contribution in [0, 0.1) is 0 Å². The molecule has 1 aromatic heterocycles. The first-order valence-electron chi connectivity index (χ1n) is 6.60. The molecule has 19 heavy (non-hydrogen) atoms. The fraction of sp³-hybridized carbons (Fsp3) is 0.429. The van der Waals surface area contributed by atoms with Crippen LogP contribution in [-0.4, -0.2) is 21.4 Å². The van der Waals surface area contributed by atoms with Gasteiger partial charge in [-0.2, -0.15) is 5.10 Å². The van der Waals surface area contributed by atoms with E-state index in [1.165, 1.54) is 12.8 Å². The highest BCUT2D eigenvalue weighted by Gasteiger charge is 2.28. The highest BCUT2D eigenvalue weighted by molar-refractivity contribution is 5.41. The number of benzene rings is 1. The fourth-order valence-corrected chi connectivity index (χ4v) is 2.08. The second-order valence-electron chi connectivity index (χ2n) is 4.95. The molecule has 0 amide bonds. The molecule has 3 rings (SSSR count). The summed E-state index contributed by atoms with van der Waals surface area (Å²) in [4.78, 5) is 4.57. The van der Waals surface area contributed by atoms with Crippen molar-refractivity contribution in [2.45, 2.75) is 25.2 Å². The quantitative estimate of drug-likeness (QED) is 0.832. The van der Waals surface area contributed by atoms with Gasteiger partial charge < -0.3 is 10.5 Å². The molecule has 100 valence electrons. The van der Waals surface area contributed by atoms with Crippen LogP contribution in [0.25, 0.3) is 0 Å². The van der Waals surface area contributed by atoms with Crippen LogP contribution < -0.4 is 10.5 Å². The SMILES string of the molecule is Cn1nc(CCOc2ccc(N)cc2)nc1C1CC1. The monoisotopic (exact) mass is 258 g/mol. The van der Waals surface area contributed by atoms with Gasteiger partial charge in [-0.25, -0.2) is 4.98 Å². The first kappa shape index (κ1) is 12.0. The lowest BCUT2D eigenvalue weighted by Gasteiger charge is -2.04. The van der Waals surface area contributed by atoms with Gasteiger partial charge >= 0.3 is 0 Å². The van der Waals surface area contributed by atoms with Gasteiger partial charge in [0.25, 0.3) is 0 Å². The van der Waals surface area contributed by atoms with E-state index in [2.05, 4.69) is 10.1 Å². The summed E-state index contributed by atoms with van der Waals surface area (Å²) in [5.41, 5.74) is 6.37. The minimum Gasteiger partial charge on any atom is -0.493 e. The molecule has 2 N–H and O–H groups in total. The van der Waals surface area contributed by atoms with Gasteiger partial charge in [-0.15, -0.1) is 0 Å². The van der Waals surface area contributed by atoms with Crippen LogP contribution in [0.1, 0.15) is 30.4 Å². The molecule has 0 saturated heterocycles. The van der Waals surface area contributed by atoms with Gasteiger partial charge in [-0.3, -0.25) is 4.68 Å². The molecule has 0 bridgehead atoms. The summed E-state index contributed by atoms with van der Waals surface area (Å²) in [6, 6.07) is 7.41. The molecule has 1 fully saturated rings. The van der Waals surface area contributed by atoms with Crippen LogP contribution in [-0.2, 0) is 13.5 Å². The van der Waals surface area contributed by atoms with Gasteiger partial charge in [0, 0.05) is 25.1 Å². The highest BCUT2D eigenvalue weighted by atomic mass is 16.5. The number of aryl methyl sites for hydroxylation is 1. The number of nitrogen functional groups attached to an aromatic ring is 1. The van der Waals surface area contributed by atoms with E-state index in [1.54, 1.807) is 0 Å². The Morgan fingerprint density at radius 1 is 1.32 bits per heavy atom. The number of nitrogens with two attached hydrogens (primary N) is 1. The fourth-order valence-electron chi connectivity index (χ4n) is 2.08. The van der Waals surface area contributed by atoms with Crippen molar-refractivity contribution in [1.29, 1.82) is 0 Å². The third-order valence-electron chi connectivity index (χ3n) is 3.26. The topological polar surface area (TPSA) is 66.0 Å². The first-order valence-corrected chi connectivity index (χ1v) is 6.60. The lowest BCUT2D eigenvalue weighted by Crippen LogP contribution is -2.03. The summed E-state index contributed by atoms with van der Waals surface area (Å²) < 4.78 is 7.54. The number of ether oxygens (including phenoxy) is 1. The molecule has 0 aliphatic heterocycles. The number of aromatic nitrogens is 3. The van der Waals surface area contributed by atoms with E-state index in [0.29, 0.717) is 12.5 Å². The number of nitrogens with zero attached hydrogens (tertiary/aromatic N) is 3. The Hall–Kier alpha value is -2.04. The van der Waals surface area contributed by atoms with Crippen molar-refractivity contribution in [2.75, 3.05) is 12.3 Å². The van der Waals surface area contributed by atoms with Crippen molar-refractivity contribution >= 4 is 5.69 Å². The van der Waals surface area contributed by atoms with Crippen LogP contribution in [0.2, 0.25) is 0 Å². The van der Waals surface area contributed by atoms with E-state index in [4.69, 9.17) is 10.5 Å². The Morgan fingerprint density at radius 3 is 2.74 bits per heavy atom. The van der Waals surface area contributed by atoms with Crippen molar-refractivity contribution in [3.8, 4) is 5.75 Å². The van der Waals surface area contributed by atoms with Crippen molar-refractivity contribution in [3.05, 3.63) is 35.9 Å². The predicted octanol–water partition coefficient (Wildman–Crippen LogP) is 1.90. The Labute approximate surface area is 112 Å². The summed E-state index contributed by atoms with van der Waals surface area (Å²) in [6.45, 7) is 0.581. The summed E-state index contributed by atoms with van der Waals surface area (Å²) in [7, 11) is 1.96. The van der Waals surface area contributed by atoms with Gasteiger partial charge in [-0.05, 0) is 37.1 Å². The molecule has 0 radical (unpaired) electrons. The molecule has 0 spiro atoms. The summed E-state index contributed by atoms with van der Waals surface area (Å²) >= 11 is 0. The van der Waals surface area contributed by atoms with Crippen LogP contribution >= 0.6 is 0 Å². The van der Waals surface area contributed by atoms with Crippen LogP contribution in [0.4, 0.5) is 5.69 Å². The van der Waals surface area contributed by atoms with Crippen molar-refractivity contribution in [3.63, 3.8) is 0 Å². The molecular formula is C14H18N4O. The Morgan fingerprint density at radius 2 is 2.05 bits per heavy atom. The van der Waals surface area contributed by atoms with Gasteiger partial charge in [0.15, 0.2) is 5.82 Å². The zero-order valence-corrected chi connectivity index (χ0v) is 11.0. The lowest BCUT2D eigenvalue weighted by molar-refractivity contribution is 0.319. The molecule has 2 aromatic rings. The minimum absolute atomic E-state index is 0.581. The van der Waals surface area contributed by atoms with Crippen LogP contribution in [0.5, 0.6) is 5.75 Å². The van der Waals surface area contributed by atoms with Crippen molar-refractivity contribution in [2.24, 2.45) is 7.05 Å². The minimum atomic E-state index is 0.581. The number of hydrogen-bond donors (Lipinski definition) is 1. The molecular weight excluding hydrogens is 240 g/mol. The zero-order valence-electron chi connectivity index (χ0n) is 11.0. The second kappa shape index (κ2) is 4.91. The normalized spacial score (nSPS) is 14.6. The Bertz CT molecular complexity index is 557. The molecule has 1 saturated carbocycles. The molecule has 1 aromatic carbocycles. The molecule has 5 nitrogen and oxygen atoms in total. The molecule has 1 aliphatic rings. The van der Waals surface area contributed by atoms with E-state index in [9.17, 15) is 0 Å². The molecule has 5 heteroatoms. The number of anilines is 1. The van der Waals surface area contributed by atoms with Gasteiger partial charge in [-0.1, -0.05) is 0 Å². The van der Waals surface area contributed by atoms with E-state index >= 15 is 0 Å². The second-order valence-corrected chi connectivity index (χ2v) is 4.95. The molecule has 0 atom stereocenters. The highest BCUT2D eigenvalue weighted by Crippen LogP contribution is 2.38. The maximum Gasteiger partial charge on any atom is 0.154 e. The van der Waals surface area contributed by atoms with Crippen molar-refractivity contribution < 1.29 is 4.74 Å². The van der Waals surface area contributed by atoms with E-state index in [1.807, 2.05) is 36.0 Å². The maximum absolute atomic E-state index is 5.65. The third-order valence-corrected chi connectivity index (χ3v) is 3.26.